The molecule has 0 spiro atoms. The maximum atomic E-state index is 14.3. The third-order valence-electron chi connectivity index (χ3n) is 12.3. The molecule has 0 bridgehead atoms. The lowest BCUT2D eigenvalue weighted by Crippen LogP contribution is -2.61. The van der Waals surface area contributed by atoms with Gasteiger partial charge in [0.2, 0.25) is 59.1 Å². The van der Waals surface area contributed by atoms with Crippen molar-refractivity contribution >= 4 is 65.0 Å². The fraction of sp³-hybridized carbons (Fsp3) is 0.660. The van der Waals surface area contributed by atoms with Crippen LogP contribution in [-0.2, 0) is 59.2 Å². The van der Waals surface area contributed by atoms with Crippen LogP contribution in [-0.4, -0.2) is 159 Å². The molecule has 9 atom stereocenters. The maximum absolute atomic E-state index is 14.3. The summed E-state index contributed by atoms with van der Waals surface area (Å²) >= 11 is 0. The van der Waals surface area contributed by atoms with Crippen molar-refractivity contribution in [3.8, 4) is 5.75 Å². The number of primary amides is 2. The molecule has 1 aliphatic rings. The standard InChI is InChI=1S/C50H82N12O14/c1-26(2)20-33(56-42(67)31(52)10-7-8-18-51)44(69)57-34(21-27(3)4)45(70)58-35(23-29-12-14-30(64)15-13-29)46(71)55-32(16-17-40(53)65)43(68)61-38(25-63)47(72)59-36(24-41(54)66)49(74)62-19-9-11-39(62)48(73)60-37(50(75)76)22-28(5)6/h12-15,26-28,31-39,63-64H,7-11,16-25,51-52H2,1-6H3,(H2,53,65)(H2,54,66)(H,55,71)(H,56,67)(H,57,69)(H,58,70)(H,59,72)(H,60,73)(H,61,68)(H,75,76)/t31-,32-,33-,34-,35-,36-,37-,38-,39-/m0/s1. The molecule has 1 saturated heterocycles. The first-order valence-corrected chi connectivity index (χ1v) is 25.7. The van der Waals surface area contributed by atoms with E-state index in [1.54, 1.807) is 27.7 Å². The molecular weight excluding hydrogens is 993 g/mol. The van der Waals surface area contributed by atoms with Crippen LogP contribution < -0.4 is 60.2 Å². The number of nitrogens with one attached hydrogen (secondary N) is 7. The van der Waals surface area contributed by atoms with Gasteiger partial charge < -0.3 is 80.4 Å². The van der Waals surface area contributed by atoms with Crippen LogP contribution in [0.15, 0.2) is 24.3 Å². The Morgan fingerprint density at radius 1 is 0.605 bits per heavy atom. The maximum Gasteiger partial charge on any atom is 0.326 e. The first-order valence-electron chi connectivity index (χ1n) is 25.7. The summed E-state index contributed by atoms with van der Waals surface area (Å²) in [7, 11) is 0. The van der Waals surface area contributed by atoms with Crippen LogP contribution in [0.3, 0.4) is 0 Å². The minimum atomic E-state index is -1.88. The summed E-state index contributed by atoms with van der Waals surface area (Å²) in [6.45, 7) is 10.1. The van der Waals surface area contributed by atoms with Crippen LogP contribution in [0.5, 0.6) is 5.75 Å². The number of carbonyl (C=O) groups is 11. The van der Waals surface area contributed by atoms with Gasteiger partial charge in [-0.2, -0.15) is 0 Å². The lowest BCUT2D eigenvalue weighted by atomic mass is 9.98. The van der Waals surface area contributed by atoms with E-state index in [-0.39, 0.29) is 62.2 Å². The van der Waals surface area contributed by atoms with Crippen LogP contribution in [0, 0.1) is 17.8 Å². The van der Waals surface area contributed by atoms with Crippen molar-refractivity contribution in [3.63, 3.8) is 0 Å². The van der Waals surface area contributed by atoms with Gasteiger partial charge in [-0.3, -0.25) is 47.9 Å². The lowest BCUT2D eigenvalue weighted by Gasteiger charge is -2.30. The molecule has 0 unspecified atom stereocenters. The Labute approximate surface area is 443 Å². The summed E-state index contributed by atoms with van der Waals surface area (Å²) in [5.74, 6) is -10.9. The summed E-state index contributed by atoms with van der Waals surface area (Å²) in [6, 6.07) is -6.96. The average Bonchev–Trinajstić information content (AvgIpc) is 3.83. The van der Waals surface area contributed by atoms with Gasteiger partial charge in [-0.1, -0.05) is 60.1 Å². The molecule has 1 aliphatic heterocycles. The predicted octanol–water partition coefficient (Wildman–Crippen LogP) is -2.87. The first-order chi connectivity index (χ1) is 35.7. The third-order valence-corrected chi connectivity index (χ3v) is 12.3. The second-order valence-corrected chi connectivity index (χ2v) is 20.5. The highest BCUT2D eigenvalue weighted by Crippen LogP contribution is 2.21. The van der Waals surface area contributed by atoms with E-state index in [1.807, 2.05) is 13.8 Å². The number of nitrogens with zero attached hydrogens (tertiary/aromatic N) is 1. The molecule has 1 heterocycles. The van der Waals surface area contributed by atoms with E-state index in [9.17, 15) is 68.1 Å². The Kier molecular flexibility index (Phi) is 27.9. The molecule has 0 radical (unpaired) electrons. The molecule has 26 heteroatoms. The van der Waals surface area contributed by atoms with Crippen molar-refractivity contribution in [1.29, 1.82) is 0 Å². The number of carboxylic acid groups (broad SMARTS) is 1. The Morgan fingerprint density at radius 2 is 1.08 bits per heavy atom. The van der Waals surface area contributed by atoms with E-state index < -0.39 is 145 Å². The molecular formula is C50H82N12O14. The van der Waals surface area contributed by atoms with Crippen molar-refractivity contribution in [2.24, 2.45) is 40.7 Å². The van der Waals surface area contributed by atoms with Gasteiger partial charge in [-0.05, 0) is 93.4 Å². The van der Waals surface area contributed by atoms with E-state index in [2.05, 4.69) is 37.2 Å². The second-order valence-electron chi connectivity index (χ2n) is 20.5. The Hall–Kier alpha value is -6.93. The number of carboxylic acids is 1. The number of hydrogen-bond donors (Lipinski definition) is 14. The number of phenolic OH excluding ortho intramolecular Hbond substituents is 1. The van der Waals surface area contributed by atoms with Crippen molar-refractivity contribution in [3.05, 3.63) is 29.8 Å². The molecule has 10 amide bonds. The number of amides is 10. The highest BCUT2D eigenvalue weighted by atomic mass is 16.4. The number of aromatic hydroxyl groups is 1. The van der Waals surface area contributed by atoms with Gasteiger partial charge in [0.1, 0.15) is 54.1 Å². The zero-order valence-electron chi connectivity index (χ0n) is 44.4. The zero-order valence-corrected chi connectivity index (χ0v) is 44.4. The number of aliphatic hydroxyl groups excluding tert-OH is 1. The fourth-order valence-corrected chi connectivity index (χ4v) is 8.38. The number of aliphatic hydroxyl groups is 1. The zero-order chi connectivity index (χ0) is 57.4. The van der Waals surface area contributed by atoms with Crippen molar-refractivity contribution in [1.82, 2.24) is 42.1 Å². The van der Waals surface area contributed by atoms with Gasteiger partial charge in [0, 0.05) is 19.4 Å². The minimum absolute atomic E-state index is 0.0167. The number of hydrogen-bond acceptors (Lipinski definition) is 15. The Morgan fingerprint density at radius 3 is 1.59 bits per heavy atom. The largest absolute Gasteiger partial charge is 0.508 e. The second kappa shape index (κ2) is 32.5. The number of benzene rings is 1. The van der Waals surface area contributed by atoms with Gasteiger partial charge in [0.15, 0.2) is 0 Å². The van der Waals surface area contributed by atoms with Crippen molar-refractivity contribution in [2.75, 3.05) is 19.7 Å². The number of likely N-dealkylation sites (tertiary alicyclic amines) is 1. The number of aliphatic carboxylic acids is 1. The number of nitrogens with two attached hydrogens (primary N) is 4. The smallest absolute Gasteiger partial charge is 0.326 e. The molecule has 426 valence electrons. The summed E-state index contributed by atoms with van der Waals surface area (Å²) < 4.78 is 0. The quantitative estimate of drug-likeness (QED) is 0.0309. The van der Waals surface area contributed by atoms with E-state index in [4.69, 9.17) is 22.9 Å². The number of phenols is 1. The third kappa shape index (κ3) is 22.9. The highest BCUT2D eigenvalue weighted by molar-refractivity contribution is 5.99. The monoisotopic (exact) mass is 1070 g/mol. The average molecular weight is 1080 g/mol. The van der Waals surface area contributed by atoms with E-state index in [1.165, 1.54) is 24.3 Å². The molecule has 26 nitrogen and oxygen atoms in total. The topological polar surface area (TPSA) is 440 Å². The summed E-state index contributed by atoms with van der Waals surface area (Å²) in [5, 5.41) is 47.5. The number of unbranched alkanes of at least 4 members (excludes halogenated alkanes) is 1. The van der Waals surface area contributed by atoms with Gasteiger partial charge in [0.05, 0.1) is 19.1 Å². The van der Waals surface area contributed by atoms with Gasteiger partial charge >= 0.3 is 5.97 Å². The van der Waals surface area contributed by atoms with Crippen molar-refractivity contribution < 1.29 is 68.1 Å². The molecule has 0 aromatic heterocycles. The molecule has 0 saturated carbocycles. The number of rotatable bonds is 34. The summed E-state index contributed by atoms with van der Waals surface area (Å²) in [6.07, 6.45) is 0.313. The predicted molar refractivity (Wildman–Crippen MR) is 276 cm³/mol. The molecule has 18 N–H and O–H groups in total. The molecule has 1 fully saturated rings. The lowest BCUT2D eigenvalue weighted by molar-refractivity contribution is -0.145. The molecule has 1 aromatic carbocycles. The normalized spacial score (nSPS) is 16.5. The highest BCUT2D eigenvalue weighted by Gasteiger charge is 2.41. The van der Waals surface area contributed by atoms with Crippen LogP contribution in [0.25, 0.3) is 0 Å². The number of carbonyl (C=O) groups excluding carboxylic acids is 10. The summed E-state index contributed by atoms with van der Waals surface area (Å²) in [4.78, 5) is 148. The Bertz CT molecular complexity index is 2160. The van der Waals surface area contributed by atoms with Crippen LogP contribution in [0.4, 0.5) is 0 Å². The molecule has 1 aromatic rings. The van der Waals surface area contributed by atoms with E-state index >= 15 is 0 Å². The van der Waals surface area contributed by atoms with Gasteiger partial charge in [-0.15, -0.1) is 0 Å². The van der Waals surface area contributed by atoms with Gasteiger partial charge in [0.25, 0.3) is 0 Å². The molecule has 0 aliphatic carbocycles. The minimum Gasteiger partial charge on any atom is -0.508 e. The first kappa shape index (κ1) is 65.2. The molecule has 2 rings (SSSR count). The van der Waals surface area contributed by atoms with Gasteiger partial charge in [-0.25, -0.2) is 4.79 Å². The summed E-state index contributed by atoms with van der Waals surface area (Å²) in [5.41, 5.74) is 22.9. The fourth-order valence-electron chi connectivity index (χ4n) is 8.38. The Balaban J connectivity index is 2.43. The van der Waals surface area contributed by atoms with Crippen molar-refractivity contribution in [2.45, 2.75) is 173 Å². The SMILES string of the molecule is CC(C)C[C@H](NC(=O)[C@@H]1CCCN1C(=O)[C@H](CC(N)=O)NC(=O)[C@H](CO)NC(=O)[C@H](CCC(N)=O)NC(=O)[C@H](Cc1ccc(O)cc1)NC(=O)[C@H](CC(C)C)NC(=O)[C@H](CC(C)C)NC(=O)[C@@H](N)CCCCN)C(=O)O. The van der Waals surface area contributed by atoms with Crippen LogP contribution in [0.1, 0.15) is 118 Å². The van der Waals surface area contributed by atoms with E-state index in [0.29, 0.717) is 37.8 Å². The van der Waals surface area contributed by atoms with Crippen LogP contribution in [0.2, 0.25) is 0 Å². The van der Waals surface area contributed by atoms with E-state index in [0.717, 1.165) is 4.90 Å². The van der Waals surface area contributed by atoms with Crippen LogP contribution >= 0.6 is 0 Å². The molecule has 76 heavy (non-hydrogen) atoms.